The molecule has 0 aliphatic heterocycles. The first kappa shape index (κ1) is 16.1. The summed E-state index contributed by atoms with van der Waals surface area (Å²) in [6.07, 6.45) is 4.43. The van der Waals surface area contributed by atoms with Gasteiger partial charge in [-0.05, 0) is 41.7 Å². The van der Waals surface area contributed by atoms with Crippen molar-refractivity contribution < 1.29 is 18.7 Å². The summed E-state index contributed by atoms with van der Waals surface area (Å²) < 4.78 is 27.4. The maximum Gasteiger partial charge on any atom is 0.341 e. The third kappa shape index (κ3) is 3.70. The van der Waals surface area contributed by atoms with Crippen LogP contribution in [0, 0.1) is 11.6 Å². The van der Waals surface area contributed by atoms with E-state index >= 15 is 0 Å². The Hall–Kier alpha value is -2.23. The van der Waals surface area contributed by atoms with Crippen molar-refractivity contribution in [2.45, 2.75) is 32.6 Å². The molecule has 116 valence electrons. The van der Waals surface area contributed by atoms with E-state index < -0.39 is 23.2 Å². The van der Waals surface area contributed by atoms with Crippen LogP contribution in [0.1, 0.15) is 42.1 Å². The normalized spacial score (nSPS) is 10.7. The minimum Gasteiger partial charge on any atom is -0.477 e. The number of hydrogen-bond acceptors (Lipinski definition) is 1. The highest BCUT2D eigenvalue weighted by molar-refractivity contribution is 5.89. The lowest BCUT2D eigenvalue weighted by atomic mass is 10.00. The molecule has 2 aromatic carbocycles. The third-order valence-electron chi connectivity index (χ3n) is 3.61. The highest BCUT2D eigenvalue weighted by Crippen LogP contribution is 2.25. The van der Waals surface area contributed by atoms with Crippen molar-refractivity contribution in [3.63, 3.8) is 0 Å². The molecular weight excluding hydrogens is 286 g/mol. The highest BCUT2D eigenvalue weighted by Gasteiger charge is 2.18. The Labute approximate surface area is 128 Å². The van der Waals surface area contributed by atoms with Gasteiger partial charge in [-0.3, -0.25) is 0 Å². The summed E-state index contributed by atoms with van der Waals surface area (Å²) >= 11 is 0. The molecule has 0 amide bonds. The Morgan fingerprint density at radius 1 is 1.00 bits per heavy atom. The number of unbranched alkanes of at least 4 members (excludes halogenated alkanes) is 2. The van der Waals surface area contributed by atoms with Crippen molar-refractivity contribution in [1.29, 1.82) is 0 Å². The lowest BCUT2D eigenvalue weighted by Gasteiger charge is -2.07. The van der Waals surface area contributed by atoms with Gasteiger partial charge in [0.05, 0.1) is 0 Å². The molecule has 2 aromatic rings. The standard InChI is InChI=1S/C18H18F2O2/c1-2-3-4-5-12-6-8-13(9-7-12)14-10-15(19)17(18(21)22)16(20)11-14/h6-11H,2-5H2,1H3,(H,21,22). The summed E-state index contributed by atoms with van der Waals surface area (Å²) in [5, 5.41) is 8.77. The van der Waals surface area contributed by atoms with Gasteiger partial charge in [0.15, 0.2) is 0 Å². The average Bonchev–Trinajstić information content (AvgIpc) is 2.47. The van der Waals surface area contributed by atoms with Crippen molar-refractivity contribution in [3.05, 3.63) is 59.2 Å². The van der Waals surface area contributed by atoms with Crippen LogP contribution in [0.2, 0.25) is 0 Å². The molecule has 0 saturated carbocycles. The number of carbonyl (C=O) groups is 1. The van der Waals surface area contributed by atoms with E-state index in [1.54, 1.807) is 12.1 Å². The average molecular weight is 304 g/mol. The summed E-state index contributed by atoms with van der Waals surface area (Å²) in [6.45, 7) is 2.15. The zero-order valence-electron chi connectivity index (χ0n) is 12.4. The number of halogens is 2. The van der Waals surface area contributed by atoms with Gasteiger partial charge < -0.3 is 5.11 Å². The molecule has 2 rings (SSSR count). The lowest BCUT2D eigenvalue weighted by Crippen LogP contribution is -2.04. The summed E-state index contributed by atoms with van der Waals surface area (Å²) in [5.41, 5.74) is 1.26. The molecule has 0 heterocycles. The number of carboxylic acids is 1. The van der Waals surface area contributed by atoms with E-state index in [9.17, 15) is 13.6 Å². The van der Waals surface area contributed by atoms with Crippen LogP contribution in [-0.2, 0) is 6.42 Å². The van der Waals surface area contributed by atoms with E-state index in [1.807, 2.05) is 12.1 Å². The number of hydrogen-bond donors (Lipinski definition) is 1. The predicted molar refractivity (Wildman–Crippen MR) is 82.0 cm³/mol. The number of aromatic carboxylic acids is 1. The summed E-state index contributed by atoms with van der Waals surface area (Å²) in [7, 11) is 0. The van der Waals surface area contributed by atoms with Crippen molar-refractivity contribution in [2.75, 3.05) is 0 Å². The summed E-state index contributed by atoms with van der Waals surface area (Å²) in [6, 6.07) is 9.58. The molecule has 0 aliphatic rings. The Morgan fingerprint density at radius 3 is 2.09 bits per heavy atom. The second kappa shape index (κ2) is 7.16. The molecule has 0 unspecified atom stereocenters. The number of benzene rings is 2. The Morgan fingerprint density at radius 2 is 1.59 bits per heavy atom. The fourth-order valence-corrected chi connectivity index (χ4v) is 2.39. The van der Waals surface area contributed by atoms with E-state index in [-0.39, 0.29) is 0 Å². The van der Waals surface area contributed by atoms with Gasteiger partial charge in [-0.2, -0.15) is 0 Å². The first-order chi connectivity index (χ1) is 10.5. The van der Waals surface area contributed by atoms with Crippen molar-refractivity contribution in [1.82, 2.24) is 0 Å². The van der Waals surface area contributed by atoms with Gasteiger partial charge in [0, 0.05) is 0 Å². The van der Waals surface area contributed by atoms with Gasteiger partial charge in [0.1, 0.15) is 17.2 Å². The van der Waals surface area contributed by atoms with Gasteiger partial charge in [-0.1, -0.05) is 44.0 Å². The Balaban J connectivity index is 2.23. The van der Waals surface area contributed by atoms with Crippen molar-refractivity contribution in [2.24, 2.45) is 0 Å². The molecule has 0 radical (unpaired) electrons. The zero-order chi connectivity index (χ0) is 16.1. The smallest absolute Gasteiger partial charge is 0.341 e. The molecule has 1 N–H and O–H groups in total. The molecule has 0 fully saturated rings. The Kier molecular flexibility index (Phi) is 5.26. The van der Waals surface area contributed by atoms with Crippen LogP contribution in [-0.4, -0.2) is 11.1 Å². The maximum absolute atomic E-state index is 13.7. The highest BCUT2D eigenvalue weighted by atomic mass is 19.1. The molecule has 22 heavy (non-hydrogen) atoms. The second-order valence-corrected chi connectivity index (χ2v) is 5.27. The molecule has 2 nitrogen and oxygen atoms in total. The van der Waals surface area contributed by atoms with Crippen LogP contribution in [0.3, 0.4) is 0 Å². The van der Waals surface area contributed by atoms with E-state index in [4.69, 9.17) is 5.11 Å². The molecule has 0 bridgehead atoms. The van der Waals surface area contributed by atoms with Gasteiger partial charge in [0.2, 0.25) is 0 Å². The monoisotopic (exact) mass is 304 g/mol. The van der Waals surface area contributed by atoms with E-state index in [0.717, 1.165) is 31.4 Å². The molecule has 0 aromatic heterocycles. The van der Waals surface area contributed by atoms with Gasteiger partial charge in [-0.25, -0.2) is 13.6 Å². The van der Waals surface area contributed by atoms with E-state index in [0.29, 0.717) is 11.1 Å². The summed E-state index contributed by atoms with van der Waals surface area (Å²) in [4.78, 5) is 10.8. The van der Waals surface area contributed by atoms with E-state index in [2.05, 4.69) is 6.92 Å². The molecule has 0 atom stereocenters. The fraction of sp³-hybridized carbons (Fsp3) is 0.278. The number of rotatable bonds is 6. The Bertz CT molecular complexity index is 640. The molecule has 0 spiro atoms. The van der Waals surface area contributed by atoms with E-state index in [1.165, 1.54) is 12.0 Å². The van der Waals surface area contributed by atoms with Gasteiger partial charge in [-0.15, -0.1) is 0 Å². The number of aryl methyl sites for hydroxylation is 1. The van der Waals surface area contributed by atoms with Crippen LogP contribution in [0.5, 0.6) is 0 Å². The van der Waals surface area contributed by atoms with Crippen molar-refractivity contribution >= 4 is 5.97 Å². The quantitative estimate of drug-likeness (QED) is 0.757. The van der Waals surface area contributed by atoms with Crippen LogP contribution in [0.15, 0.2) is 36.4 Å². The topological polar surface area (TPSA) is 37.3 Å². The van der Waals surface area contributed by atoms with Crippen molar-refractivity contribution in [3.8, 4) is 11.1 Å². The van der Waals surface area contributed by atoms with Crippen LogP contribution in [0.4, 0.5) is 8.78 Å². The van der Waals surface area contributed by atoms with Crippen LogP contribution in [0.25, 0.3) is 11.1 Å². The van der Waals surface area contributed by atoms with Gasteiger partial charge in [0.25, 0.3) is 0 Å². The minimum absolute atomic E-state index is 0.333. The molecule has 0 saturated heterocycles. The molecule has 0 aliphatic carbocycles. The number of carboxylic acid groups (broad SMARTS) is 1. The first-order valence-electron chi connectivity index (χ1n) is 7.34. The SMILES string of the molecule is CCCCCc1ccc(-c2cc(F)c(C(=O)O)c(F)c2)cc1. The van der Waals surface area contributed by atoms with Crippen LogP contribution >= 0.6 is 0 Å². The zero-order valence-corrected chi connectivity index (χ0v) is 12.4. The summed E-state index contributed by atoms with van der Waals surface area (Å²) in [5.74, 6) is -3.73. The molecular formula is C18H18F2O2. The molecule has 4 heteroatoms. The predicted octanol–water partition coefficient (Wildman–Crippen LogP) is 5.06. The maximum atomic E-state index is 13.7. The minimum atomic E-state index is -1.60. The lowest BCUT2D eigenvalue weighted by molar-refractivity contribution is 0.0686. The largest absolute Gasteiger partial charge is 0.477 e. The fourth-order valence-electron chi connectivity index (χ4n) is 2.39. The first-order valence-corrected chi connectivity index (χ1v) is 7.34. The third-order valence-corrected chi connectivity index (χ3v) is 3.61. The van der Waals surface area contributed by atoms with Crippen LogP contribution < -0.4 is 0 Å². The van der Waals surface area contributed by atoms with Gasteiger partial charge >= 0.3 is 5.97 Å². The second-order valence-electron chi connectivity index (χ2n) is 5.27.